The molecule has 0 fully saturated rings. The fourth-order valence-corrected chi connectivity index (χ4v) is 2.87. The van der Waals surface area contributed by atoms with E-state index in [1.165, 1.54) is 24.8 Å². The summed E-state index contributed by atoms with van der Waals surface area (Å²) in [4.78, 5) is 0. The van der Waals surface area contributed by atoms with Gasteiger partial charge in [-0.2, -0.15) is 0 Å². The Morgan fingerprint density at radius 2 is 1.81 bits per heavy atom. The van der Waals surface area contributed by atoms with Crippen LogP contribution in [0.1, 0.15) is 29.5 Å². The molecule has 0 bridgehead atoms. The fraction of sp³-hybridized carbons (Fsp3) is 0.368. The molecule has 0 amide bonds. The van der Waals surface area contributed by atoms with E-state index in [1.54, 1.807) is 11.1 Å². The second-order valence-corrected chi connectivity index (χ2v) is 5.65. The summed E-state index contributed by atoms with van der Waals surface area (Å²) >= 11 is 0. The van der Waals surface area contributed by atoms with Crippen LogP contribution < -0.4 is 10.1 Å². The molecule has 110 valence electrons. The van der Waals surface area contributed by atoms with Gasteiger partial charge in [0.2, 0.25) is 0 Å². The Bertz CT molecular complexity index is 565. The number of hydrogen-bond acceptors (Lipinski definition) is 2. The van der Waals surface area contributed by atoms with Crippen molar-refractivity contribution in [3.8, 4) is 5.75 Å². The topological polar surface area (TPSA) is 21.3 Å². The van der Waals surface area contributed by atoms with E-state index in [1.807, 2.05) is 30.3 Å². The summed E-state index contributed by atoms with van der Waals surface area (Å²) in [5, 5.41) is 3.50. The molecule has 3 rings (SSSR count). The summed E-state index contributed by atoms with van der Waals surface area (Å²) in [6.07, 6.45) is 4.87. The van der Waals surface area contributed by atoms with Crippen molar-refractivity contribution >= 4 is 0 Å². The van der Waals surface area contributed by atoms with Crippen LogP contribution in [0.5, 0.6) is 5.75 Å². The molecule has 0 unspecified atom stereocenters. The Hall–Kier alpha value is -1.80. The summed E-state index contributed by atoms with van der Waals surface area (Å²) in [5.41, 5.74) is 4.51. The van der Waals surface area contributed by atoms with Gasteiger partial charge in [-0.25, -0.2) is 0 Å². The van der Waals surface area contributed by atoms with E-state index in [0.29, 0.717) is 0 Å². The first-order valence-corrected chi connectivity index (χ1v) is 7.91. The van der Waals surface area contributed by atoms with Crippen molar-refractivity contribution in [1.29, 1.82) is 0 Å². The van der Waals surface area contributed by atoms with Crippen LogP contribution in [0.15, 0.2) is 48.5 Å². The molecule has 0 spiro atoms. The average Bonchev–Trinajstić information content (AvgIpc) is 2.99. The minimum atomic E-state index is 0.765. The molecule has 1 aliphatic rings. The maximum atomic E-state index is 5.68. The van der Waals surface area contributed by atoms with E-state index < -0.39 is 0 Å². The minimum Gasteiger partial charge on any atom is -0.494 e. The zero-order valence-electron chi connectivity index (χ0n) is 12.5. The molecule has 0 aliphatic heterocycles. The van der Waals surface area contributed by atoms with Gasteiger partial charge in [-0.1, -0.05) is 36.4 Å². The van der Waals surface area contributed by atoms with Gasteiger partial charge < -0.3 is 10.1 Å². The molecule has 2 heteroatoms. The Kier molecular flexibility index (Phi) is 4.90. The molecule has 21 heavy (non-hydrogen) atoms. The molecule has 0 radical (unpaired) electrons. The molecule has 0 aromatic heterocycles. The van der Waals surface area contributed by atoms with Crippen LogP contribution in [0.25, 0.3) is 0 Å². The lowest BCUT2D eigenvalue weighted by molar-refractivity contribution is 0.308. The van der Waals surface area contributed by atoms with E-state index in [2.05, 4.69) is 23.5 Å². The van der Waals surface area contributed by atoms with E-state index in [-0.39, 0.29) is 0 Å². The van der Waals surface area contributed by atoms with Gasteiger partial charge in [0.05, 0.1) is 6.61 Å². The van der Waals surface area contributed by atoms with E-state index in [0.717, 1.165) is 31.9 Å². The van der Waals surface area contributed by atoms with E-state index in [4.69, 9.17) is 4.74 Å². The predicted molar refractivity (Wildman–Crippen MR) is 86.7 cm³/mol. The summed E-state index contributed by atoms with van der Waals surface area (Å²) < 4.78 is 5.68. The number of benzene rings is 2. The Morgan fingerprint density at radius 1 is 0.952 bits per heavy atom. The number of nitrogens with one attached hydrogen (secondary N) is 1. The van der Waals surface area contributed by atoms with Gasteiger partial charge in [0.25, 0.3) is 0 Å². The second-order valence-electron chi connectivity index (χ2n) is 5.65. The fourth-order valence-electron chi connectivity index (χ4n) is 2.87. The largest absolute Gasteiger partial charge is 0.494 e. The summed E-state index contributed by atoms with van der Waals surface area (Å²) in [7, 11) is 0. The molecule has 0 heterocycles. The SMILES string of the molecule is c1ccc(OCCCNCc2ccc3c(c2)CCC3)cc1. The molecule has 0 saturated heterocycles. The van der Waals surface area contributed by atoms with Crippen molar-refractivity contribution in [2.24, 2.45) is 0 Å². The molecular formula is C19H23NO. The number of rotatable bonds is 7. The highest BCUT2D eigenvalue weighted by Gasteiger charge is 2.10. The van der Waals surface area contributed by atoms with Crippen molar-refractivity contribution in [1.82, 2.24) is 5.32 Å². The number of fused-ring (bicyclic) bond motifs is 1. The van der Waals surface area contributed by atoms with Gasteiger partial charge in [0.15, 0.2) is 0 Å². The molecule has 1 aliphatic carbocycles. The van der Waals surface area contributed by atoms with Gasteiger partial charge >= 0.3 is 0 Å². The molecule has 0 atom stereocenters. The van der Waals surface area contributed by atoms with Gasteiger partial charge in [-0.05, 0) is 61.1 Å². The normalized spacial score (nSPS) is 13.1. The number of para-hydroxylation sites is 1. The first-order valence-electron chi connectivity index (χ1n) is 7.91. The first-order chi connectivity index (χ1) is 10.4. The second kappa shape index (κ2) is 7.28. The third-order valence-electron chi connectivity index (χ3n) is 4.00. The summed E-state index contributed by atoms with van der Waals surface area (Å²) in [6, 6.07) is 16.9. The first kappa shape index (κ1) is 14.2. The van der Waals surface area contributed by atoms with Crippen molar-refractivity contribution in [2.75, 3.05) is 13.2 Å². The van der Waals surface area contributed by atoms with Crippen molar-refractivity contribution < 1.29 is 4.74 Å². The highest BCUT2D eigenvalue weighted by molar-refractivity contribution is 5.35. The predicted octanol–water partition coefficient (Wildman–Crippen LogP) is 3.73. The zero-order valence-corrected chi connectivity index (χ0v) is 12.5. The third kappa shape index (κ3) is 4.08. The molecule has 2 nitrogen and oxygen atoms in total. The Balaban J connectivity index is 1.33. The lowest BCUT2D eigenvalue weighted by atomic mass is 10.1. The van der Waals surface area contributed by atoms with Crippen molar-refractivity contribution in [3.63, 3.8) is 0 Å². The van der Waals surface area contributed by atoms with Gasteiger partial charge in [0.1, 0.15) is 5.75 Å². The monoisotopic (exact) mass is 281 g/mol. The van der Waals surface area contributed by atoms with Gasteiger partial charge in [-0.3, -0.25) is 0 Å². The Labute approximate surface area is 127 Å². The van der Waals surface area contributed by atoms with Crippen LogP contribution in [0, 0.1) is 0 Å². The van der Waals surface area contributed by atoms with Crippen LogP contribution in [-0.2, 0) is 19.4 Å². The highest BCUT2D eigenvalue weighted by atomic mass is 16.5. The van der Waals surface area contributed by atoms with Gasteiger partial charge in [0, 0.05) is 6.54 Å². The molecule has 1 N–H and O–H groups in total. The number of aryl methyl sites for hydroxylation is 2. The smallest absolute Gasteiger partial charge is 0.119 e. The molecule has 2 aromatic carbocycles. The van der Waals surface area contributed by atoms with Crippen molar-refractivity contribution in [2.45, 2.75) is 32.2 Å². The average molecular weight is 281 g/mol. The summed E-state index contributed by atoms with van der Waals surface area (Å²) in [6.45, 7) is 2.71. The zero-order chi connectivity index (χ0) is 14.3. The van der Waals surface area contributed by atoms with Crippen LogP contribution in [0.3, 0.4) is 0 Å². The highest BCUT2D eigenvalue weighted by Crippen LogP contribution is 2.22. The minimum absolute atomic E-state index is 0.765. The molecule has 2 aromatic rings. The van der Waals surface area contributed by atoms with Crippen LogP contribution in [0.2, 0.25) is 0 Å². The van der Waals surface area contributed by atoms with Gasteiger partial charge in [-0.15, -0.1) is 0 Å². The Morgan fingerprint density at radius 3 is 2.71 bits per heavy atom. The lowest BCUT2D eigenvalue weighted by Gasteiger charge is -2.08. The van der Waals surface area contributed by atoms with Crippen LogP contribution in [-0.4, -0.2) is 13.2 Å². The maximum Gasteiger partial charge on any atom is 0.119 e. The third-order valence-corrected chi connectivity index (χ3v) is 4.00. The molecule has 0 saturated carbocycles. The quantitative estimate of drug-likeness (QED) is 0.781. The lowest BCUT2D eigenvalue weighted by Crippen LogP contribution is -2.17. The number of ether oxygens (including phenoxy) is 1. The number of hydrogen-bond donors (Lipinski definition) is 1. The van der Waals surface area contributed by atoms with Crippen LogP contribution >= 0.6 is 0 Å². The molecular weight excluding hydrogens is 258 g/mol. The van der Waals surface area contributed by atoms with Crippen LogP contribution in [0.4, 0.5) is 0 Å². The standard InChI is InChI=1S/C19H23NO/c1-2-8-19(9-3-1)21-13-5-12-20-15-16-10-11-17-6-4-7-18(17)14-16/h1-3,8-11,14,20H,4-7,12-13,15H2. The summed E-state index contributed by atoms with van der Waals surface area (Å²) in [5.74, 6) is 0.955. The van der Waals surface area contributed by atoms with E-state index >= 15 is 0 Å². The van der Waals surface area contributed by atoms with Crippen molar-refractivity contribution in [3.05, 3.63) is 65.2 Å². The maximum absolute atomic E-state index is 5.68. The van der Waals surface area contributed by atoms with E-state index in [9.17, 15) is 0 Å².